The van der Waals surface area contributed by atoms with Crippen LogP contribution >= 0.6 is 0 Å². The van der Waals surface area contributed by atoms with Crippen LogP contribution in [-0.4, -0.2) is 18.8 Å². The Bertz CT molecular complexity index is 404. The van der Waals surface area contributed by atoms with E-state index in [4.69, 9.17) is 10.00 Å². The molecule has 0 saturated heterocycles. The van der Waals surface area contributed by atoms with Crippen LogP contribution in [0.3, 0.4) is 0 Å². The number of halogens is 2. The maximum Gasteiger partial charge on any atom is 0.387 e. The van der Waals surface area contributed by atoms with Crippen LogP contribution in [0.4, 0.5) is 8.78 Å². The molecule has 0 aliphatic carbocycles. The molecular formula is C10H9F2NO3. The Morgan fingerprint density at radius 2 is 2.06 bits per heavy atom. The number of nitrogens with zero attached hydrogens (tertiary/aromatic N) is 1. The molecule has 0 aromatic heterocycles. The lowest BCUT2D eigenvalue weighted by molar-refractivity contribution is -0.0513. The zero-order chi connectivity index (χ0) is 12.1. The van der Waals surface area contributed by atoms with Crippen molar-refractivity contribution in [2.24, 2.45) is 0 Å². The van der Waals surface area contributed by atoms with Crippen LogP contribution < -0.4 is 9.47 Å². The first-order valence-corrected chi connectivity index (χ1v) is 4.29. The molecule has 0 spiro atoms. The third kappa shape index (κ3) is 2.81. The molecule has 0 radical (unpaired) electrons. The van der Waals surface area contributed by atoms with E-state index in [0.29, 0.717) is 0 Å². The number of ether oxygens (including phenoxy) is 2. The first-order chi connectivity index (χ1) is 7.58. The zero-order valence-electron chi connectivity index (χ0n) is 8.35. The highest BCUT2D eigenvalue weighted by Crippen LogP contribution is 2.31. The number of nitriles is 1. The van der Waals surface area contributed by atoms with Crippen molar-refractivity contribution < 1.29 is 23.4 Å². The van der Waals surface area contributed by atoms with Gasteiger partial charge >= 0.3 is 6.61 Å². The summed E-state index contributed by atoms with van der Waals surface area (Å²) in [6.45, 7) is -3.00. The quantitative estimate of drug-likeness (QED) is 0.800. The second kappa shape index (κ2) is 5.28. The number of hydrogen-bond donors (Lipinski definition) is 1. The molecule has 0 aliphatic rings. The molecule has 4 nitrogen and oxygen atoms in total. The van der Waals surface area contributed by atoms with Crippen LogP contribution in [0.15, 0.2) is 18.2 Å². The van der Waals surface area contributed by atoms with Gasteiger partial charge in [0.15, 0.2) is 17.6 Å². The number of methoxy groups -OCH3 is 1. The highest BCUT2D eigenvalue weighted by molar-refractivity contribution is 5.44. The Kier molecular flexibility index (Phi) is 4.03. The number of hydrogen-bond acceptors (Lipinski definition) is 4. The Morgan fingerprint density at radius 1 is 1.38 bits per heavy atom. The standard InChI is InChI=1S/C10H9F2NO3/c1-15-8-3-2-6(7(14)5-13)4-9(8)16-10(11)12/h2-4,7,10,14H,1H3. The van der Waals surface area contributed by atoms with E-state index in [-0.39, 0.29) is 17.1 Å². The molecule has 0 fully saturated rings. The maximum atomic E-state index is 12.0. The van der Waals surface area contributed by atoms with E-state index in [2.05, 4.69) is 4.74 Å². The van der Waals surface area contributed by atoms with Crippen molar-refractivity contribution in [1.82, 2.24) is 0 Å². The van der Waals surface area contributed by atoms with Gasteiger partial charge in [-0.15, -0.1) is 0 Å². The van der Waals surface area contributed by atoms with Gasteiger partial charge in [0.1, 0.15) is 0 Å². The summed E-state index contributed by atoms with van der Waals surface area (Å²) < 4.78 is 33.1. The molecule has 6 heteroatoms. The molecule has 1 N–H and O–H groups in total. The van der Waals surface area contributed by atoms with Crippen molar-refractivity contribution in [2.45, 2.75) is 12.7 Å². The molecule has 0 saturated carbocycles. The maximum absolute atomic E-state index is 12.0. The lowest BCUT2D eigenvalue weighted by Crippen LogP contribution is -2.04. The third-order valence-corrected chi connectivity index (χ3v) is 1.84. The monoisotopic (exact) mass is 229 g/mol. The van der Waals surface area contributed by atoms with Gasteiger partial charge in [-0.3, -0.25) is 0 Å². The number of rotatable bonds is 4. The van der Waals surface area contributed by atoms with E-state index in [0.717, 1.165) is 6.07 Å². The highest BCUT2D eigenvalue weighted by Gasteiger charge is 2.14. The molecule has 0 amide bonds. The normalized spacial score (nSPS) is 12.0. The Morgan fingerprint density at radius 3 is 2.56 bits per heavy atom. The van der Waals surface area contributed by atoms with Gasteiger partial charge in [0.05, 0.1) is 13.2 Å². The lowest BCUT2D eigenvalue weighted by Gasteiger charge is -2.11. The van der Waals surface area contributed by atoms with Crippen molar-refractivity contribution in [3.63, 3.8) is 0 Å². The minimum atomic E-state index is -3.00. The number of aliphatic hydroxyl groups excluding tert-OH is 1. The summed E-state index contributed by atoms with van der Waals surface area (Å²) in [5, 5.41) is 17.7. The van der Waals surface area contributed by atoms with Crippen LogP contribution in [0.2, 0.25) is 0 Å². The Labute approximate surface area is 90.6 Å². The molecule has 1 unspecified atom stereocenters. The predicted octanol–water partition coefficient (Wildman–Crippen LogP) is 1.85. The molecule has 0 bridgehead atoms. The molecule has 1 aromatic carbocycles. The molecule has 0 heterocycles. The van der Waals surface area contributed by atoms with Crippen LogP contribution in [0.1, 0.15) is 11.7 Å². The molecular weight excluding hydrogens is 220 g/mol. The van der Waals surface area contributed by atoms with Gasteiger partial charge in [0, 0.05) is 0 Å². The molecule has 86 valence electrons. The first kappa shape index (κ1) is 12.2. The average Bonchev–Trinajstić information content (AvgIpc) is 2.27. The van der Waals surface area contributed by atoms with Gasteiger partial charge < -0.3 is 14.6 Å². The summed E-state index contributed by atoms with van der Waals surface area (Å²) in [7, 11) is 1.30. The Hall–Kier alpha value is -1.87. The van der Waals surface area contributed by atoms with Gasteiger partial charge in [-0.25, -0.2) is 0 Å². The van der Waals surface area contributed by atoms with E-state index in [1.54, 1.807) is 6.07 Å². The van der Waals surface area contributed by atoms with Gasteiger partial charge in [-0.1, -0.05) is 6.07 Å². The summed E-state index contributed by atoms with van der Waals surface area (Å²) in [4.78, 5) is 0. The second-order valence-electron chi connectivity index (χ2n) is 2.82. The van der Waals surface area contributed by atoms with Crippen LogP contribution in [0.5, 0.6) is 11.5 Å². The first-order valence-electron chi connectivity index (χ1n) is 4.29. The minimum Gasteiger partial charge on any atom is -0.493 e. The second-order valence-corrected chi connectivity index (χ2v) is 2.82. The molecule has 16 heavy (non-hydrogen) atoms. The van der Waals surface area contributed by atoms with Crippen molar-refractivity contribution in [3.05, 3.63) is 23.8 Å². The topological polar surface area (TPSA) is 62.5 Å². The van der Waals surface area contributed by atoms with E-state index >= 15 is 0 Å². The fourth-order valence-corrected chi connectivity index (χ4v) is 1.13. The van der Waals surface area contributed by atoms with Crippen molar-refractivity contribution >= 4 is 0 Å². The highest BCUT2D eigenvalue weighted by atomic mass is 19.3. The van der Waals surface area contributed by atoms with Crippen LogP contribution in [-0.2, 0) is 0 Å². The SMILES string of the molecule is COc1ccc(C(O)C#N)cc1OC(F)F. The predicted molar refractivity (Wildman–Crippen MR) is 50.2 cm³/mol. The van der Waals surface area contributed by atoms with Gasteiger partial charge in [-0.05, 0) is 17.7 Å². The van der Waals surface area contributed by atoms with Crippen LogP contribution in [0.25, 0.3) is 0 Å². The lowest BCUT2D eigenvalue weighted by atomic mass is 10.1. The summed E-state index contributed by atoms with van der Waals surface area (Å²) in [5.41, 5.74) is 0.166. The number of alkyl halides is 2. The fraction of sp³-hybridized carbons (Fsp3) is 0.300. The summed E-state index contributed by atoms with van der Waals surface area (Å²) in [6.07, 6.45) is -1.38. The molecule has 0 aliphatic heterocycles. The average molecular weight is 229 g/mol. The summed E-state index contributed by atoms with van der Waals surface area (Å²) in [6, 6.07) is 5.44. The smallest absolute Gasteiger partial charge is 0.387 e. The number of aliphatic hydroxyl groups is 1. The summed E-state index contributed by atoms with van der Waals surface area (Å²) in [5.74, 6) is -0.113. The largest absolute Gasteiger partial charge is 0.493 e. The van der Waals surface area contributed by atoms with E-state index in [1.807, 2.05) is 0 Å². The Balaban J connectivity index is 3.06. The van der Waals surface area contributed by atoms with Crippen molar-refractivity contribution in [2.75, 3.05) is 7.11 Å². The van der Waals surface area contributed by atoms with Crippen LogP contribution in [0, 0.1) is 11.3 Å². The molecule has 1 atom stereocenters. The fourth-order valence-electron chi connectivity index (χ4n) is 1.13. The van der Waals surface area contributed by atoms with E-state index in [9.17, 15) is 13.9 Å². The number of benzene rings is 1. The molecule has 1 aromatic rings. The zero-order valence-corrected chi connectivity index (χ0v) is 8.35. The van der Waals surface area contributed by atoms with Gasteiger partial charge in [0.2, 0.25) is 0 Å². The minimum absolute atomic E-state index is 0.106. The molecule has 1 rings (SSSR count). The van der Waals surface area contributed by atoms with Gasteiger partial charge in [-0.2, -0.15) is 14.0 Å². The van der Waals surface area contributed by atoms with E-state index in [1.165, 1.54) is 19.2 Å². The third-order valence-electron chi connectivity index (χ3n) is 1.84. The van der Waals surface area contributed by atoms with Gasteiger partial charge in [0.25, 0.3) is 0 Å². The summed E-state index contributed by atoms with van der Waals surface area (Å²) >= 11 is 0. The van der Waals surface area contributed by atoms with E-state index < -0.39 is 12.7 Å². The van der Waals surface area contributed by atoms with Crippen molar-refractivity contribution in [3.8, 4) is 17.6 Å². The van der Waals surface area contributed by atoms with Crippen molar-refractivity contribution in [1.29, 1.82) is 5.26 Å².